The summed E-state index contributed by atoms with van der Waals surface area (Å²) in [5.74, 6) is 2.26. The van der Waals surface area contributed by atoms with E-state index in [1.165, 1.54) is 12.8 Å². The third kappa shape index (κ3) is 6.53. The monoisotopic (exact) mass is 490 g/mol. The lowest BCUT2D eigenvalue weighted by Crippen LogP contribution is -2.44. The van der Waals surface area contributed by atoms with Crippen LogP contribution in [0.1, 0.15) is 29.7 Å². The standard InChI is InChI=1S/C29H38N4O3/c1-22-7-6-10-27(17-22)36-29-28(23(2)30-33(29)25-8-4-3-5-9-25)21-32(18-24-11-12-24)20-26(34)19-31-13-15-35-16-14-31/h3-10,17,24,26,34H,11-16,18-21H2,1-2H3/t26-/m1/s1. The molecular weight excluding hydrogens is 452 g/mol. The van der Waals surface area contributed by atoms with E-state index in [1.54, 1.807) is 0 Å². The van der Waals surface area contributed by atoms with Crippen LogP contribution in [0, 0.1) is 19.8 Å². The van der Waals surface area contributed by atoms with Crippen LogP contribution < -0.4 is 4.74 Å². The van der Waals surface area contributed by atoms with Crippen molar-refractivity contribution in [2.24, 2.45) is 5.92 Å². The molecule has 2 heterocycles. The predicted molar refractivity (Wildman–Crippen MR) is 141 cm³/mol. The summed E-state index contributed by atoms with van der Waals surface area (Å²) in [5, 5.41) is 15.9. The number of β-amino-alcohol motifs (C(OH)–C–C–N with tert-alkyl or cyclic N) is 1. The number of hydrogen-bond acceptors (Lipinski definition) is 6. The Kier molecular flexibility index (Phi) is 8.02. The number of aryl methyl sites for hydroxylation is 2. The SMILES string of the molecule is Cc1cccc(Oc2c(CN(CC3CC3)C[C@H](O)CN3CCOCC3)c(C)nn2-c2ccccc2)c1. The minimum atomic E-state index is -0.410. The summed E-state index contributed by atoms with van der Waals surface area (Å²) in [6.45, 7) is 10.4. The zero-order valence-electron chi connectivity index (χ0n) is 21.5. The Labute approximate surface area is 214 Å². The van der Waals surface area contributed by atoms with E-state index in [1.807, 2.05) is 47.1 Å². The van der Waals surface area contributed by atoms with Gasteiger partial charge in [0, 0.05) is 39.3 Å². The van der Waals surface area contributed by atoms with Gasteiger partial charge in [-0.3, -0.25) is 9.80 Å². The van der Waals surface area contributed by atoms with Gasteiger partial charge >= 0.3 is 0 Å². The fourth-order valence-corrected chi connectivity index (χ4v) is 4.89. The van der Waals surface area contributed by atoms with Gasteiger partial charge in [0.15, 0.2) is 0 Å². The molecule has 7 nitrogen and oxygen atoms in total. The maximum atomic E-state index is 11.0. The van der Waals surface area contributed by atoms with Gasteiger partial charge in [-0.1, -0.05) is 30.3 Å². The van der Waals surface area contributed by atoms with Crippen molar-refractivity contribution in [1.29, 1.82) is 0 Å². The number of aliphatic hydroxyl groups is 1. The molecule has 0 bridgehead atoms. The molecule has 192 valence electrons. The first-order chi connectivity index (χ1) is 17.5. The van der Waals surface area contributed by atoms with Gasteiger partial charge in [-0.25, -0.2) is 4.68 Å². The Balaban J connectivity index is 1.40. The molecule has 1 aliphatic heterocycles. The van der Waals surface area contributed by atoms with Crippen molar-refractivity contribution in [2.45, 2.75) is 39.3 Å². The second-order valence-electron chi connectivity index (χ2n) is 10.2. The molecule has 5 rings (SSSR count). The highest BCUT2D eigenvalue weighted by Gasteiger charge is 2.28. The Hall–Kier alpha value is -2.71. The highest BCUT2D eigenvalue weighted by Crippen LogP contribution is 2.34. The van der Waals surface area contributed by atoms with E-state index in [-0.39, 0.29) is 0 Å². The highest BCUT2D eigenvalue weighted by atomic mass is 16.5. The number of nitrogens with zero attached hydrogens (tertiary/aromatic N) is 4. The van der Waals surface area contributed by atoms with Crippen LogP contribution in [0.4, 0.5) is 0 Å². The van der Waals surface area contributed by atoms with Crippen LogP contribution in [-0.4, -0.2) is 76.7 Å². The number of rotatable bonds is 11. The van der Waals surface area contributed by atoms with E-state index in [4.69, 9.17) is 14.6 Å². The van der Waals surface area contributed by atoms with Crippen LogP contribution in [0.15, 0.2) is 54.6 Å². The van der Waals surface area contributed by atoms with E-state index in [9.17, 15) is 5.11 Å². The molecule has 2 aliphatic rings. The highest BCUT2D eigenvalue weighted by molar-refractivity contribution is 5.43. The average molecular weight is 491 g/mol. The topological polar surface area (TPSA) is 63.0 Å². The van der Waals surface area contributed by atoms with Crippen LogP contribution >= 0.6 is 0 Å². The number of aliphatic hydroxyl groups excluding tert-OH is 1. The van der Waals surface area contributed by atoms with Crippen molar-refractivity contribution in [3.05, 3.63) is 71.4 Å². The summed E-state index contributed by atoms with van der Waals surface area (Å²) in [4.78, 5) is 4.69. The lowest BCUT2D eigenvalue weighted by molar-refractivity contribution is 0.00585. The van der Waals surface area contributed by atoms with Crippen molar-refractivity contribution in [3.63, 3.8) is 0 Å². The van der Waals surface area contributed by atoms with Crippen LogP contribution in [0.5, 0.6) is 11.6 Å². The smallest absolute Gasteiger partial charge is 0.227 e. The van der Waals surface area contributed by atoms with E-state index >= 15 is 0 Å². The molecule has 1 saturated carbocycles. The molecule has 0 unspecified atom stereocenters. The van der Waals surface area contributed by atoms with Crippen molar-refractivity contribution in [2.75, 3.05) is 45.9 Å². The van der Waals surface area contributed by atoms with Crippen molar-refractivity contribution in [3.8, 4) is 17.3 Å². The van der Waals surface area contributed by atoms with E-state index < -0.39 is 6.10 Å². The Morgan fingerprint density at radius 2 is 1.86 bits per heavy atom. The minimum absolute atomic E-state index is 0.410. The summed E-state index contributed by atoms with van der Waals surface area (Å²) in [7, 11) is 0. The normalized spacial score (nSPS) is 17.4. The lowest BCUT2D eigenvalue weighted by atomic mass is 10.2. The van der Waals surface area contributed by atoms with E-state index in [0.717, 1.165) is 67.0 Å². The lowest BCUT2D eigenvalue weighted by Gasteiger charge is -2.31. The molecule has 0 spiro atoms. The maximum absolute atomic E-state index is 11.0. The molecule has 2 fully saturated rings. The van der Waals surface area contributed by atoms with Gasteiger partial charge in [0.2, 0.25) is 5.88 Å². The van der Waals surface area contributed by atoms with Crippen molar-refractivity contribution >= 4 is 0 Å². The molecule has 1 saturated heterocycles. The van der Waals surface area contributed by atoms with E-state index in [2.05, 4.69) is 35.8 Å². The number of para-hydroxylation sites is 1. The predicted octanol–water partition coefficient (Wildman–Crippen LogP) is 4.19. The largest absolute Gasteiger partial charge is 0.439 e. The molecule has 0 radical (unpaired) electrons. The molecule has 1 atom stereocenters. The summed E-state index contributed by atoms with van der Waals surface area (Å²) in [6, 6.07) is 18.3. The van der Waals surface area contributed by atoms with Gasteiger partial charge in [0.05, 0.1) is 36.3 Å². The van der Waals surface area contributed by atoms with Crippen LogP contribution in [-0.2, 0) is 11.3 Å². The fraction of sp³-hybridized carbons (Fsp3) is 0.483. The fourth-order valence-electron chi connectivity index (χ4n) is 4.89. The number of ether oxygens (including phenoxy) is 2. The van der Waals surface area contributed by atoms with Crippen LogP contribution in [0.2, 0.25) is 0 Å². The van der Waals surface area contributed by atoms with Gasteiger partial charge in [-0.05, 0) is 62.4 Å². The summed E-state index contributed by atoms with van der Waals surface area (Å²) >= 11 is 0. The number of morpholine rings is 1. The van der Waals surface area contributed by atoms with Crippen molar-refractivity contribution in [1.82, 2.24) is 19.6 Å². The zero-order chi connectivity index (χ0) is 24.9. The van der Waals surface area contributed by atoms with Crippen LogP contribution in [0.25, 0.3) is 5.69 Å². The first-order valence-electron chi connectivity index (χ1n) is 13.1. The molecule has 1 aliphatic carbocycles. The Bertz CT molecular complexity index is 1120. The Morgan fingerprint density at radius 1 is 1.08 bits per heavy atom. The van der Waals surface area contributed by atoms with E-state index in [0.29, 0.717) is 25.6 Å². The second kappa shape index (κ2) is 11.6. The van der Waals surface area contributed by atoms with Crippen molar-refractivity contribution < 1.29 is 14.6 Å². The molecular formula is C29H38N4O3. The molecule has 0 amide bonds. The molecule has 36 heavy (non-hydrogen) atoms. The summed E-state index contributed by atoms with van der Waals surface area (Å²) in [6.07, 6.45) is 2.13. The first kappa shape index (κ1) is 25.0. The summed E-state index contributed by atoms with van der Waals surface area (Å²) < 4.78 is 13.9. The second-order valence-corrected chi connectivity index (χ2v) is 10.2. The van der Waals surface area contributed by atoms with Crippen LogP contribution in [0.3, 0.4) is 0 Å². The maximum Gasteiger partial charge on any atom is 0.227 e. The molecule has 3 aromatic rings. The molecule has 2 aromatic carbocycles. The molecule has 1 aromatic heterocycles. The van der Waals surface area contributed by atoms with Gasteiger partial charge in [0.1, 0.15) is 5.75 Å². The third-order valence-electron chi connectivity index (χ3n) is 6.98. The quantitative estimate of drug-likeness (QED) is 0.435. The average Bonchev–Trinajstić information content (AvgIpc) is 3.64. The molecule has 1 N–H and O–H groups in total. The minimum Gasteiger partial charge on any atom is -0.439 e. The number of hydrogen-bond donors (Lipinski definition) is 1. The zero-order valence-corrected chi connectivity index (χ0v) is 21.5. The Morgan fingerprint density at radius 3 is 2.58 bits per heavy atom. The summed E-state index contributed by atoms with van der Waals surface area (Å²) in [5.41, 5.74) is 4.14. The molecule has 7 heteroatoms. The number of aromatic nitrogens is 2. The van der Waals surface area contributed by atoms with Gasteiger partial charge in [0.25, 0.3) is 0 Å². The van der Waals surface area contributed by atoms with Gasteiger partial charge in [-0.15, -0.1) is 0 Å². The van der Waals surface area contributed by atoms with Gasteiger partial charge in [-0.2, -0.15) is 5.10 Å². The third-order valence-corrected chi connectivity index (χ3v) is 6.98. The van der Waals surface area contributed by atoms with Gasteiger partial charge < -0.3 is 14.6 Å². The number of benzene rings is 2. The first-order valence-corrected chi connectivity index (χ1v) is 13.1.